The van der Waals surface area contributed by atoms with Gasteiger partial charge in [-0.2, -0.15) is 5.26 Å². The van der Waals surface area contributed by atoms with E-state index in [0.717, 1.165) is 11.3 Å². The topological polar surface area (TPSA) is 61.6 Å². The van der Waals surface area contributed by atoms with E-state index in [1.54, 1.807) is 6.07 Å². The maximum Gasteiger partial charge on any atom is 0.224 e. The predicted molar refractivity (Wildman–Crippen MR) is 65.3 cm³/mol. The molecule has 0 amide bonds. The first-order valence-corrected chi connectivity index (χ1v) is 5.31. The molecule has 0 saturated heterocycles. The SMILES string of the molecule is Cc1cc(C#N)nc(NCc2ccccc2)n1. The fraction of sp³-hybridized carbons (Fsp3) is 0.154. The van der Waals surface area contributed by atoms with Gasteiger partial charge in [0.1, 0.15) is 11.8 Å². The van der Waals surface area contributed by atoms with Crippen LogP contribution in [0, 0.1) is 18.3 Å². The average molecular weight is 224 g/mol. The maximum atomic E-state index is 8.80. The van der Waals surface area contributed by atoms with Gasteiger partial charge in [-0.25, -0.2) is 9.97 Å². The molecule has 0 aliphatic carbocycles. The number of nitriles is 1. The zero-order chi connectivity index (χ0) is 12.1. The molecule has 1 aromatic carbocycles. The van der Waals surface area contributed by atoms with Gasteiger partial charge >= 0.3 is 0 Å². The van der Waals surface area contributed by atoms with Gasteiger partial charge in [0.25, 0.3) is 0 Å². The van der Waals surface area contributed by atoms with Crippen molar-refractivity contribution in [3.05, 3.63) is 53.3 Å². The van der Waals surface area contributed by atoms with E-state index in [-0.39, 0.29) is 0 Å². The van der Waals surface area contributed by atoms with Crippen LogP contribution in [-0.2, 0) is 6.54 Å². The van der Waals surface area contributed by atoms with E-state index in [1.165, 1.54) is 0 Å². The van der Waals surface area contributed by atoms with Crippen molar-refractivity contribution >= 4 is 5.95 Å². The molecule has 2 rings (SSSR count). The van der Waals surface area contributed by atoms with Crippen molar-refractivity contribution in [1.82, 2.24) is 9.97 Å². The van der Waals surface area contributed by atoms with Gasteiger partial charge in [0.15, 0.2) is 0 Å². The summed E-state index contributed by atoms with van der Waals surface area (Å²) in [5, 5.41) is 11.9. The highest BCUT2D eigenvalue weighted by molar-refractivity contribution is 5.34. The van der Waals surface area contributed by atoms with Gasteiger partial charge in [-0.1, -0.05) is 30.3 Å². The Morgan fingerprint density at radius 1 is 1.24 bits per heavy atom. The number of nitrogens with zero attached hydrogens (tertiary/aromatic N) is 3. The molecule has 17 heavy (non-hydrogen) atoms. The Kier molecular flexibility index (Phi) is 3.31. The molecule has 1 heterocycles. The summed E-state index contributed by atoms with van der Waals surface area (Å²) in [6.07, 6.45) is 0. The lowest BCUT2D eigenvalue weighted by molar-refractivity contribution is 1.02. The van der Waals surface area contributed by atoms with E-state index in [2.05, 4.69) is 15.3 Å². The molecular formula is C13H12N4. The van der Waals surface area contributed by atoms with Crippen molar-refractivity contribution in [2.24, 2.45) is 0 Å². The van der Waals surface area contributed by atoms with Gasteiger partial charge < -0.3 is 5.32 Å². The highest BCUT2D eigenvalue weighted by atomic mass is 15.1. The lowest BCUT2D eigenvalue weighted by atomic mass is 10.2. The van der Waals surface area contributed by atoms with Crippen LogP contribution in [0.15, 0.2) is 36.4 Å². The lowest BCUT2D eigenvalue weighted by Gasteiger charge is -2.05. The second-order valence-electron chi connectivity index (χ2n) is 3.67. The molecule has 4 nitrogen and oxygen atoms in total. The third-order valence-electron chi connectivity index (χ3n) is 2.26. The normalized spacial score (nSPS) is 9.65. The number of anilines is 1. The average Bonchev–Trinajstić information content (AvgIpc) is 2.37. The maximum absolute atomic E-state index is 8.80. The van der Waals surface area contributed by atoms with Crippen LogP contribution in [0.25, 0.3) is 0 Å². The van der Waals surface area contributed by atoms with Gasteiger partial charge in [-0.05, 0) is 18.6 Å². The van der Waals surface area contributed by atoms with E-state index in [0.29, 0.717) is 18.2 Å². The van der Waals surface area contributed by atoms with Crippen LogP contribution in [0.2, 0.25) is 0 Å². The number of benzene rings is 1. The van der Waals surface area contributed by atoms with Crippen LogP contribution < -0.4 is 5.32 Å². The van der Waals surface area contributed by atoms with Crippen molar-refractivity contribution in [3.8, 4) is 6.07 Å². The van der Waals surface area contributed by atoms with E-state index in [4.69, 9.17) is 5.26 Å². The van der Waals surface area contributed by atoms with E-state index in [9.17, 15) is 0 Å². The van der Waals surface area contributed by atoms with Crippen LogP contribution in [0.3, 0.4) is 0 Å². The first-order chi connectivity index (χ1) is 8.28. The molecule has 0 spiro atoms. The molecule has 0 unspecified atom stereocenters. The minimum absolute atomic E-state index is 0.382. The summed E-state index contributed by atoms with van der Waals surface area (Å²) in [6, 6.07) is 13.7. The molecule has 0 aliphatic rings. The predicted octanol–water partition coefficient (Wildman–Crippen LogP) is 2.27. The number of hydrogen-bond donors (Lipinski definition) is 1. The number of aromatic nitrogens is 2. The minimum Gasteiger partial charge on any atom is -0.350 e. The third-order valence-corrected chi connectivity index (χ3v) is 2.26. The van der Waals surface area contributed by atoms with E-state index in [1.807, 2.05) is 43.3 Å². The molecule has 0 atom stereocenters. The quantitative estimate of drug-likeness (QED) is 0.868. The zero-order valence-corrected chi connectivity index (χ0v) is 9.51. The molecule has 84 valence electrons. The first kappa shape index (κ1) is 11.1. The molecule has 0 fully saturated rings. The Morgan fingerprint density at radius 3 is 2.71 bits per heavy atom. The second-order valence-corrected chi connectivity index (χ2v) is 3.67. The Balaban J connectivity index is 2.10. The molecule has 0 bridgehead atoms. The Labute approximate surface area is 100.0 Å². The zero-order valence-electron chi connectivity index (χ0n) is 9.51. The number of hydrogen-bond acceptors (Lipinski definition) is 4. The summed E-state index contributed by atoms with van der Waals surface area (Å²) in [5.74, 6) is 0.491. The standard InChI is InChI=1S/C13H12N4/c1-10-7-12(8-14)17-13(16-10)15-9-11-5-3-2-4-6-11/h2-7H,9H2,1H3,(H,15,16,17). The Bertz CT molecular complexity index is 543. The number of nitrogens with one attached hydrogen (secondary N) is 1. The van der Waals surface area contributed by atoms with Gasteiger partial charge in [-0.3, -0.25) is 0 Å². The fourth-order valence-electron chi connectivity index (χ4n) is 1.48. The number of rotatable bonds is 3. The highest BCUT2D eigenvalue weighted by Crippen LogP contribution is 2.06. The van der Waals surface area contributed by atoms with Crippen molar-refractivity contribution in [2.75, 3.05) is 5.32 Å². The van der Waals surface area contributed by atoms with E-state index < -0.39 is 0 Å². The monoisotopic (exact) mass is 224 g/mol. The molecule has 1 aromatic heterocycles. The Morgan fingerprint density at radius 2 is 2.00 bits per heavy atom. The molecule has 0 aliphatic heterocycles. The van der Waals surface area contributed by atoms with Crippen molar-refractivity contribution < 1.29 is 0 Å². The smallest absolute Gasteiger partial charge is 0.224 e. The van der Waals surface area contributed by atoms with Gasteiger partial charge in [0, 0.05) is 12.2 Å². The van der Waals surface area contributed by atoms with Gasteiger partial charge in [0.2, 0.25) is 5.95 Å². The summed E-state index contributed by atoms with van der Waals surface area (Å²) in [7, 11) is 0. The molecule has 0 radical (unpaired) electrons. The lowest BCUT2D eigenvalue weighted by Crippen LogP contribution is -2.05. The summed E-state index contributed by atoms with van der Waals surface area (Å²) < 4.78 is 0. The van der Waals surface area contributed by atoms with Crippen LogP contribution in [-0.4, -0.2) is 9.97 Å². The summed E-state index contributed by atoms with van der Waals surface area (Å²) in [4.78, 5) is 8.31. The van der Waals surface area contributed by atoms with Crippen LogP contribution in [0.5, 0.6) is 0 Å². The molecule has 4 heteroatoms. The van der Waals surface area contributed by atoms with Crippen molar-refractivity contribution in [3.63, 3.8) is 0 Å². The molecule has 0 saturated carbocycles. The molecule has 2 aromatic rings. The van der Waals surface area contributed by atoms with Crippen LogP contribution in [0.4, 0.5) is 5.95 Å². The van der Waals surface area contributed by atoms with Gasteiger partial charge in [0.05, 0.1) is 0 Å². The Hall–Kier alpha value is -2.41. The first-order valence-electron chi connectivity index (χ1n) is 5.31. The molecular weight excluding hydrogens is 212 g/mol. The van der Waals surface area contributed by atoms with Crippen molar-refractivity contribution in [2.45, 2.75) is 13.5 Å². The number of aryl methyl sites for hydroxylation is 1. The third kappa shape index (κ3) is 3.02. The highest BCUT2D eigenvalue weighted by Gasteiger charge is 2.01. The fourth-order valence-corrected chi connectivity index (χ4v) is 1.48. The summed E-state index contributed by atoms with van der Waals surface area (Å²) in [6.45, 7) is 2.49. The van der Waals surface area contributed by atoms with E-state index >= 15 is 0 Å². The van der Waals surface area contributed by atoms with Gasteiger partial charge in [-0.15, -0.1) is 0 Å². The summed E-state index contributed by atoms with van der Waals surface area (Å²) in [5.41, 5.74) is 2.32. The summed E-state index contributed by atoms with van der Waals surface area (Å²) >= 11 is 0. The molecule has 1 N–H and O–H groups in total. The largest absolute Gasteiger partial charge is 0.350 e. The minimum atomic E-state index is 0.382. The van der Waals surface area contributed by atoms with Crippen LogP contribution >= 0.6 is 0 Å². The second kappa shape index (κ2) is 5.08. The van der Waals surface area contributed by atoms with Crippen LogP contribution in [0.1, 0.15) is 17.0 Å². The van der Waals surface area contributed by atoms with Crippen molar-refractivity contribution in [1.29, 1.82) is 5.26 Å².